The number of aromatic nitrogens is 3. The van der Waals surface area contributed by atoms with Crippen molar-refractivity contribution in [3.63, 3.8) is 0 Å². The molecule has 0 aliphatic carbocycles. The van der Waals surface area contributed by atoms with Crippen molar-refractivity contribution in [3.8, 4) is 5.75 Å². The lowest BCUT2D eigenvalue weighted by molar-refractivity contribution is 0.192. The van der Waals surface area contributed by atoms with Crippen LogP contribution in [0.5, 0.6) is 5.75 Å². The first kappa shape index (κ1) is 16.3. The molecule has 7 nitrogen and oxygen atoms in total. The van der Waals surface area contributed by atoms with Gasteiger partial charge in [0.25, 0.3) is 0 Å². The summed E-state index contributed by atoms with van der Waals surface area (Å²) in [5.41, 5.74) is 1.13. The molecule has 1 aliphatic rings. The van der Waals surface area contributed by atoms with E-state index in [0.717, 1.165) is 43.7 Å². The summed E-state index contributed by atoms with van der Waals surface area (Å²) in [5.74, 6) is 0.826. The minimum absolute atomic E-state index is 0.00101. The average molecular weight is 329 g/mol. The molecule has 1 fully saturated rings. The number of amides is 2. The molecular formula is C17H23N5O2. The van der Waals surface area contributed by atoms with Crippen LogP contribution < -0.4 is 10.1 Å². The fourth-order valence-corrected chi connectivity index (χ4v) is 3.09. The maximum atomic E-state index is 12.5. The van der Waals surface area contributed by atoms with Crippen LogP contribution in [0.4, 0.5) is 4.79 Å². The molecule has 1 saturated heterocycles. The van der Waals surface area contributed by atoms with E-state index < -0.39 is 0 Å². The van der Waals surface area contributed by atoms with Crippen LogP contribution in [0.15, 0.2) is 36.9 Å². The molecule has 2 aromatic rings. The van der Waals surface area contributed by atoms with E-state index >= 15 is 0 Å². The van der Waals surface area contributed by atoms with Gasteiger partial charge < -0.3 is 15.0 Å². The molecular weight excluding hydrogens is 306 g/mol. The summed E-state index contributed by atoms with van der Waals surface area (Å²) in [6.45, 7) is 2.16. The minimum Gasteiger partial charge on any atom is -0.497 e. The van der Waals surface area contributed by atoms with Crippen LogP contribution in [-0.4, -0.2) is 45.9 Å². The van der Waals surface area contributed by atoms with Crippen molar-refractivity contribution in [3.05, 3.63) is 42.5 Å². The molecule has 24 heavy (non-hydrogen) atoms. The lowest BCUT2D eigenvalue weighted by Crippen LogP contribution is -2.40. The van der Waals surface area contributed by atoms with Crippen LogP contribution in [-0.2, 0) is 6.54 Å². The van der Waals surface area contributed by atoms with E-state index in [1.807, 2.05) is 23.1 Å². The highest BCUT2D eigenvalue weighted by Gasteiger charge is 2.29. The molecule has 2 amide bonds. The second-order valence-corrected chi connectivity index (χ2v) is 5.87. The lowest BCUT2D eigenvalue weighted by Gasteiger charge is -2.25. The Hall–Kier alpha value is -2.57. The van der Waals surface area contributed by atoms with Crippen molar-refractivity contribution in [1.29, 1.82) is 0 Å². The second kappa shape index (κ2) is 7.81. The van der Waals surface area contributed by atoms with Gasteiger partial charge in [0.2, 0.25) is 0 Å². The second-order valence-electron chi connectivity index (χ2n) is 5.87. The molecule has 1 aliphatic heterocycles. The third-order valence-corrected chi connectivity index (χ3v) is 4.30. The SMILES string of the molecule is COc1cccc(C2CCCN2C(=O)NCCCn2cncn2)c1. The number of hydrogen-bond donors (Lipinski definition) is 1. The number of rotatable bonds is 6. The van der Waals surface area contributed by atoms with Crippen molar-refractivity contribution in [2.45, 2.75) is 31.8 Å². The number of nitrogens with one attached hydrogen (secondary N) is 1. The fourth-order valence-electron chi connectivity index (χ4n) is 3.09. The highest BCUT2D eigenvalue weighted by molar-refractivity contribution is 5.75. The van der Waals surface area contributed by atoms with E-state index in [9.17, 15) is 4.79 Å². The molecule has 1 N–H and O–H groups in total. The number of nitrogens with zero attached hydrogens (tertiary/aromatic N) is 4. The summed E-state index contributed by atoms with van der Waals surface area (Å²) in [5, 5.41) is 7.06. The molecule has 1 atom stereocenters. The zero-order valence-electron chi connectivity index (χ0n) is 13.9. The topological polar surface area (TPSA) is 72.3 Å². The van der Waals surface area contributed by atoms with Gasteiger partial charge in [-0.3, -0.25) is 4.68 Å². The Bertz CT molecular complexity index is 659. The van der Waals surface area contributed by atoms with Gasteiger partial charge in [0.1, 0.15) is 18.4 Å². The highest BCUT2D eigenvalue weighted by Crippen LogP contribution is 2.33. The van der Waals surface area contributed by atoms with Crippen molar-refractivity contribution in [2.24, 2.45) is 0 Å². The van der Waals surface area contributed by atoms with Gasteiger partial charge in [-0.05, 0) is 37.0 Å². The standard InChI is InChI=1S/C17H23N5O2/c1-24-15-6-2-5-14(11-15)16-7-3-10-22(16)17(23)19-8-4-9-21-13-18-12-20-21/h2,5-6,11-13,16H,3-4,7-10H2,1H3,(H,19,23). The maximum Gasteiger partial charge on any atom is 0.317 e. The first-order valence-electron chi connectivity index (χ1n) is 8.29. The van der Waals surface area contributed by atoms with Gasteiger partial charge in [0.05, 0.1) is 13.2 Å². The molecule has 0 bridgehead atoms. The van der Waals surface area contributed by atoms with E-state index in [-0.39, 0.29) is 12.1 Å². The normalized spacial score (nSPS) is 17.0. The van der Waals surface area contributed by atoms with Gasteiger partial charge in [-0.1, -0.05) is 12.1 Å². The first-order chi connectivity index (χ1) is 11.8. The van der Waals surface area contributed by atoms with Crippen molar-refractivity contribution in [2.75, 3.05) is 20.2 Å². The Balaban J connectivity index is 1.53. The number of benzene rings is 1. The molecule has 1 unspecified atom stereocenters. The molecule has 2 heterocycles. The van der Waals surface area contributed by atoms with E-state index in [1.165, 1.54) is 6.33 Å². The summed E-state index contributed by atoms with van der Waals surface area (Å²) in [6, 6.07) is 8.09. The summed E-state index contributed by atoms with van der Waals surface area (Å²) in [4.78, 5) is 18.3. The predicted molar refractivity (Wildman–Crippen MR) is 89.7 cm³/mol. The number of hydrogen-bond acceptors (Lipinski definition) is 4. The van der Waals surface area contributed by atoms with Crippen LogP contribution in [0.3, 0.4) is 0 Å². The number of ether oxygens (including phenoxy) is 1. The summed E-state index contributed by atoms with van der Waals surface area (Å²) < 4.78 is 7.06. The number of carbonyl (C=O) groups excluding carboxylic acids is 1. The number of aryl methyl sites for hydroxylation is 1. The third kappa shape index (κ3) is 3.84. The average Bonchev–Trinajstić information content (AvgIpc) is 3.30. The van der Waals surface area contributed by atoms with Gasteiger partial charge in [-0.15, -0.1) is 0 Å². The first-order valence-corrected chi connectivity index (χ1v) is 8.29. The number of carbonyl (C=O) groups is 1. The van der Waals surface area contributed by atoms with Crippen molar-refractivity contribution < 1.29 is 9.53 Å². The monoisotopic (exact) mass is 329 g/mol. The van der Waals surface area contributed by atoms with Crippen LogP contribution in [0.2, 0.25) is 0 Å². The minimum atomic E-state index is -0.00101. The van der Waals surface area contributed by atoms with Gasteiger partial charge in [0, 0.05) is 19.6 Å². The zero-order chi connectivity index (χ0) is 16.8. The Kier molecular flexibility index (Phi) is 5.30. The number of urea groups is 1. The van der Waals surface area contributed by atoms with Crippen LogP contribution in [0.1, 0.15) is 30.9 Å². The fraction of sp³-hybridized carbons (Fsp3) is 0.471. The Labute approximate surface area is 141 Å². The molecule has 0 spiro atoms. The smallest absolute Gasteiger partial charge is 0.317 e. The molecule has 1 aromatic carbocycles. The van der Waals surface area contributed by atoms with Gasteiger partial charge >= 0.3 is 6.03 Å². The van der Waals surface area contributed by atoms with E-state index in [4.69, 9.17) is 4.74 Å². The van der Waals surface area contributed by atoms with Crippen molar-refractivity contribution in [1.82, 2.24) is 25.0 Å². The maximum absolute atomic E-state index is 12.5. The molecule has 128 valence electrons. The van der Waals surface area contributed by atoms with E-state index in [2.05, 4.69) is 21.5 Å². The quantitative estimate of drug-likeness (QED) is 0.825. The summed E-state index contributed by atoms with van der Waals surface area (Å²) in [6.07, 6.45) is 6.03. The van der Waals surface area contributed by atoms with E-state index in [1.54, 1.807) is 18.1 Å². The highest BCUT2D eigenvalue weighted by atomic mass is 16.5. The Morgan fingerprint density at radius 1 is 1.46 bits per heavy atom. The van der Waals surface area contributed by atoms with Crippen LogP contribution in [0.25, 0.3) is 0 Å². The Morgan fingerprint density at radius 3 is 3.17 bits per heavy atom. The summed E-state index contributed by atoms with van der Waals surface area (Å²) >= 11 is 0. The number of likely N-dealkylation sites (tertiary alicyclic amines) is 1. The van der Waals surface area contributed by atoms with Crippen LogP contribution >= 0.6 is 0 Å². The van der Waals surface area contributed by atoms with Gasteiger partial charge in [0.15, 0.2) is 0 Å². The molecule has 1 aromatic heterocycles. The predicted octanol–water partition coefficient (Wildman–Crippen LogP) is 2.22. The number of methoxy groups -OCH3 is 1. The van der Waals surface area contributed by atoms with Crippen molar-refractivity contribution >= 4 is 6.03 Å². The van der Waals surface area contributed by atoms with E-state index in [0.29, 0.717) is 6.54 Å². The van der Waals surface area contributed by atoms with Gasteiger partial charge in [-0.25, -0.2) is 9.78 Å². The molecule has 0 saturated carbocycles. The molecule has 7 heteroatoms. The van der Waals surface area contributed by atoms with Gasteiger partial charge in [-0.2, -0.15) is 5.10 Å². The zero-order valence-corrected chi connectivity index (χ0v) is 13.9. The lowest BCUT2D eigenvalue weighted by atomic mass is 10.0. The third-order valence-electron chi connectivity index (χ3n) is 4.30. The molecule has 3 rings (SSSR count). The largest absolute Gasteiger partial charge is 0.497 e. The van der Waals surface area contributed by atoms with Crippen LogP contribution in [0, 0.1) is 0 Å². The molecule has 0 radical (unpaired) electrons. The summed E-state index contributed by atoms with van der Waals surface area (Å²) in [7, 11) is 1.66. The Morgan fingerprint density at radius 2 is 2.38 bits per heavy atom.